The molecule has 2 heteroatoms. The summed E-state index contributed by atoms with van der Waals surface area (Å²) in [6, 6.07) is 0.360. The van der Waals surface area contributed by atoms with Crippen molar-refractivity contribution in [1.29, 1.82) is 0 Å². The van der Waals surface area contributed by atoms with Gasteiger partial charge in [0, 0.05) is 6.54 Å². The van der Waals surface area contributed by atoms with Crippen LogP contribution in [0.2, 0.25) is 0 Å². The molecule has 0 bridgehead atoms. The standard InChI is InChI=1S/C11H15NO/c1-2-11(13)12-8-7-9-5-3-4-6-10(9)12/h2,4,6,9-10H,1,3,5,7-8H2/t9-,10?/m1/s1. The molecule has 0 spiro atoms. The van der Waals surface area contributed by atoms with Crippen LogP contribution in [0.15, 0.2) is 24.8 Å². The summed E-state index contributed by atoms with van der Waals surface area (Å²) in [6.45, 7) is 4.43. The van der Waals surface area contributed by atoms with Gasteiger partial charge in [0.15, 0.2) is 0 Å². The molecule has 1 aliphatic heterocycles. The van der Waals surface area contributed by atoms with Gasteiger partial charge in [-0.2, -0.15) is 0 Å². The number of hydrogen-bond donors (Lipinski definition) is 0. The minimum absolute atomic E-state index is 0.0825. The molecule has 1 fully saturated rings. The van der Waals surface area contributed by atoms with E-state index in [0.717, 1.165) is 13.0 Å². The number of hydrogen-bond acceptors (Lipinski definition) is 1. The van der Waals surface area contributed by atoms with Gasteiger partial charge in [0.05, 0.1) is 6.04 Å². The van der Waals surface area contributed by atoms with Gasteiger partial charge in [0.1, 0.15) is 0 Å². The molecule has 0 saturated carbocycles. The lowest BCUT2D eigenvalue weighted by molar-refractivity contribution is -0.126. The Morgan fingerprint density at radius 3 is 3.15 bits per heavy atom. The molecule has 0 aromatic heterocycles. The fourth-order valence-corrected chi connectivity index (χ4v) is 2.38. The van der Waals surface area contributed by atoms with Gasteiger partial charge >= 0.3 is 0 Å². The van der Waals surface area contributed by atoms with Gasteiger partial charge < -0.3 is 4.90 Å². The molecule has 1 saturated heterocycles. The average molecular weight is 177 g/mol. The molecule has 0 aromatic carbocycles. The maximum Gasteiger partial charge on any atom is 0.246 e. The monoisotopic (exact) mass is 177 g/mol. The zero-order chi connectivity index (χ0) is 9.26. The zero-order valence-electron chi connectivity index (χ0n) is 7.78. The van der Waals surface area contributed by atoms with Gasteiger partial charge in [-0.25, -0.2) is 0 Å². The Bertz CT molecular complexity index is 257. The SMILES string of the molecule is C=CC(=O)N1CC[C@H]2CCC=CC21. The molecule has 2 atom stereocenters. The van der Waals surface area contributed by atoms with Crippen molar-refractivity contribution in [1.82, 2.24) is 4.90 Å². The van der Waals surface area contributed by atoms with Gasteiger partial charge in [-0.1, -0.05) is 18.7 Å². The van der Waals surface area contributed by atoms with Crippen LogP contribution in [-0.2, 0) is 4.79 Å². The molecule has 1 amide bonds. The van der Waals surface area contributed by atoms with E-state index in [4.69, 9.17) is 0 Å². The lowest BCUT2D eigenvalue weighted by Gasteiger charge is -2.26. The Hall–Kier alpha value is -1.05. The molecule has 70 valence electrons. The molecule has 2 aliphatic rings. The van der Waals surface area contributed by atoms with Crippen molar-refractivity contribution < 1.29 is 4.79 Å². The Balaban J connectivity index is 2.14. The fraction of sp³-hybridized carbons (Fsp3) is 0.545. The molecule has 0 aromatic rings. The molecule has 1 heterocycles. The second-order valence-electron chi connectivity index (χ2n) is 3.78. The summed E-state index contributed by atoms with van der Waals surface area (Å²) in [6.07, 6.45) is 9.37. The van der Waals surface area contributed by atoms with Gasteiger partial charge in [-0.15, -0.1) is 0 Å². The lowest BCUT2D eigenvalue weighted by Crippen LogP contribution is -2.36. The van der Waals surface area contributed by atoms with E-state index in [-0.39, 0.29) is 5.91 Å². The van der Waals surface area contributed by atoms with Crippen molar-refractivity contribution in [3.63, 3.8) is 0 Å². The summed E-state index contributed by atoms with van der Waals surface area (Å²) >= 11 is 0. The Kier molecular flexibility index (Phi) is 2.21. The van der Waals surface area contributed by atoms with Crippen LogP contribution in [0.25, 0.3) is 0 Å². The highest BCUT2D eigenvalue weighted by Gasteiger charge is 2.34. The Morgan fingerprint density at radius 1 is 1.54 bits per heavy atom. The predicted octanol–water partition coefficient (Wildman–Crippen LogP) is 1.74. The van der Waals surface area contributed by atoms with Crippen LogP contribution in [0, 0.1) is 5.92 Å². The normalized spacial score (nSPS) is 31.5. The third-order valence-corrected chi connectivity index (χ3v) is 3.08. The second kappa shape index (κ2) is 3.36. The van der Waals surface area contributed by atoms with Crippen LogP contribution in [0.5, 0.6) is 0 Å². The van der Waals surface area contributed by atoms with E-state index in [9.17, 15) is 4.79 Å². The maximum absolute atomic E-state index is 11.4. The predicted molar refractivity (Wildman–Crippen MR) is 52.2 cm³/mol. The summed E-state index contributed by atoms with van der Waals surface area (Å²) in [7, 11) is 0. The number of allylic oxidation sites excluding steroid dienone is 1. The van der Waals surface area contributed by atoms with Crippen LogP contribution >= 0.6 is 0 Å². The summed E-state index contributed by atoms with van der Waals surface area (Å²) in [5, 5.41) is 0. The highest BCUT2D eigenvalue weighted by Crippen LogP contribution is 2.32. The third-order valence-electron chi connectivity index (χ3n) is 3.08. The van der Waals surface area contributed by atoms with E-state index in [0.29, 0.717) is 12.0 Å². The number of rotatable bonds is 1. The number of likely N-dealkylation sites (tertiary alicyclic amines) is 1. The quantitative estimate of drug-likeness (QED) is 0.441. The minimum Gasteiger partial charge on any atom is -0.332 e. The number of amides is 1. The van der Waals surface area contributed by atoms with Crippen LogP contribution in [0.3, 0.4) is 0 Å². The first-order chi connectivity index (χ1) is 6.33. The summed E-state index contributed by atoms with van der Waals surface area (Å²) in [5.41, 5.74) is 0. The van der Waals surface area contributed by atoms with Gasteiger partial charge in [0.2, 0.25) is 5.91 Å². The summed E-state index contributed by atoms with van der Waals surface area (Å²) < 4.78 is 0. The average Bonchev–Trinajstić information content (AvgIpc) is 2.60. The van der Waals surface area contributed by atoms with Crippen LogP contribution in [-0.4, -0.2) is 23.4 Å². The molecule has 1 unspecified atom stereocenters. The highest BCUT2D eigenvalue weighted by atomic mass is 16.2. The molecule has 13 heavy (non-hydrogen) atoms. The smallest absolute Gasteiger partial charge is 0.246 e. The van der Waals surface area contributed by atoms with E-state index in [1.54, 1.807) is 0 Å². The first-order valence-electron chi connectivity index (χ1n) is 4.92. The molecule has 1 aliphatic carbocycles. The molecule has 2 rings (SSSR count). The van der Waals surface area contributed by atoms with E-state index in [1.165, 1.54) is 18.9 Å². The first-order valence-corrected chi connectivity index (χ1v) is 4.92. The Morgan fingerprint density at radius 2 is 2.38 bits per heavy atom. The van der Waals surface area contributed by atoms with Crippen molar-refractivity contribution in [2.24, 2.45) is 5.92 Å². The van der Waals surface area contributed by atoms with Crippen molar-refractivity contribution >= 4 is 5.91 Å². The van der Waals surface area contributed by atoms with Crippen molar-refractivity contribution in [3.8, 4) is 0 Å². The number of nitrogens with zero attached hydrogens (tertiary/aromatic N) is 1. The van der Waals surface area contributed by atoms with Gasteiger partial charge in [-0.3, -0.25) is 4.79 Å². The van der Waals surface area contributed by atoms with Gasteiger partial charge in [0.25, 0.3) is 0 Å². The van der Waals surface area contributed by atoms with Gasteiger partial charge in [-0.05, 0) is 31.3 Å². The van der Waals surface area contributed by atoms with E-state index < -0.39 is 0 Å². The van der Waals surface area contributed by atoms with E-state index >= 15 is 0 Å². The van der Waals surface area contributed by atoms with E-state index in [2.05, 4.69) is 18.7 Å². The van der Waals surface area contributed by atoms with Crippen LogP contribution < -0.4 is 0 Å². The molecular weight excluding hydrogens is 162 g/mol. The largest absolute Gasteiger partial charge is 0.332 e. The molecule has 2 nitrogen and oxygen atoms in total. The minimum atomic E-state index is 0.0825. The summed E-state index contributed by atoms with van der Waals surface area (Å²) in [4.78, 5) is 13.4. The third kappa shape index (κ3) is 1.41. The van der Waals surface area contributed by atoms with Crippen molar-refractivity contribution in [2.75, 3.05) is 6.54 Å². The zero-order valence-corrected chi connectivity index (χ0v) is 7.78. The van der Waals surface area contributed by atoms with E-state index in [1.807, 2.05) is 4.90 Å². The number of carbonyl (C=O) groups is 1. The molecule has 0 N–H and O–H groups in total. The maximum atomic E-state index is 11.4. The van der Waals surface area contributed by atoms with Crippen LogP contribution in [0.1, 0.15) is 19.3 Å². The Labute approximate surface area is 78.9 Å². The first kappa shape index (κ1) is 8.54. The van der Waals surface area contributed by atoms with Crippen LogP contribution in [0.4, 0.5) is 0 Å². The molecular formula is C11H15NO. The van der Waals surface area contributed by atoms with Crippen molar-refractivity contribution in [2.45, 2.75) is 25.3 Å². The van der Waals surface area contributed by atoms with Crippen molar-refractivity contribution in [3.05, 3.63) is 24.8 Å². The lowest BCUT2D eigenvalue weighted by atomic mass is 9.90. The summed E-state index contributed by atoms with van der Waals surface area (Å²) in [5.74, 6) is 0.785. The number of carbonyl (C=O) groups excluding carboxylic acids is 1. The second-order valence-corrected chi connectivity index (χ2v) is 3.78. The molecule has 0 radical (unpaired) electrons. The fourth-order valence-electron chi connectivity index (χ4n) is 2.38. The highest BCUT2D eigenvalue weighted by molar-refractivity contribution is 5.87. The number of fused-ring (bicyclic) bond motifs is 1. The topological polar surface area (TPSA) is 20.3 Å².